The van der Waals surface area contributed by atoms with Crippen LogP contribution in [0.5, 0.6) is 0 Å². The van der Waals surface area contributed by atoms with Crippen LogP contribution in [0.1, 0.15) is 18.4 Å². The van der Waals surface area contributed by atoms with E-state index in [0.717, 1.165) is 21.3 Å². The van der Waals surface area contributed by atoms with Crippen molar-refractivity contribution in [1.29, 1.82) is 0 Å². The SMILES string of the molecule is O=C(Nc1cccc(-c2cnco2)c1)C1(c2ccc(Br)cc2)CCOCC1. The highest BCUT2D eigenvalue weighted by molar-refractivity contribution is 9.10. The van der Waals surface area contributed by atoms with Crippen molar-refractivity contribution in [2.75, 3.05) is 18.5 Å². The Morgan fingerprint density at radius 2 is 1.89 bits per heavy atom. The lowest BCUT2D eigenvalue weighted by atomic mass is 9.73. The lowest BCUT2D eigenvalue weighted by molar-refractivity contribution is -0.125. The second-order valence-corrected chi connectivity index (χ2v) is 7.52. The third kappa shape index (κ3) is 3.68. The molecule has 1 aliphatic heterocycles. The van der Waals surface area contributed by atoms with Gasteiger partial charge in [0, 0.05) is 28.9 Å². The lowest BCUT2D eigenvalue weighted by Crippen LogP contribution is -2.44. The zero-order valence-electron chi connectivity index (χ0n) is 14.7. The minimum Gasteiger partial charge on any atom is -0.444 e. The van der Waals surface area contributed by atoms with Gasteiger partial charge in [-0.25, -0.2) is 4.98 Å². The molecule has 5 nitrogen and oxygen atoms in total. The molecular formula is C21H19BrN2O3. The van der Waals surface area contributed by atoms with Crippen LogP contribution in [0.15, 0.2) is 70.0 Å². The second-order valence-electron chi connectivity index (χ2n) is 6.60. The molecule has 0 unspecified atom stereocenters. The van der Waals surface area contributed by atoms with Crippen LogP contribution in [-0.4, -0.2) is 24.1 Å². The van der Waals surface area contributed by atoms with E-state index in [0.29, 0.717) is 31.8 Å². The molecule has 27 heavy (non-hydrogen) atoms. The van der Waals surface area contributed by atoms with Crippen LogP contribution in [0.4, 0.5) is 5.69 Å². The van der Waals surface area contributed by atoms with Gasteiger partial charge in [-0.05, 0) is 42.7 Å². The van der Waals surface area contributed by atoms with Gasteiger partial charge in [0.05, 0.1) is 11.6 Å². The molecule has 1 amide bonds. The molecular weight excluding hydrogens is 408 g/mol. The molecule has 0 atom stereocenters. The van der Waals surface area contributed by atoms with E-state index in [-0.39, 0.29) is 5.91 Å². The van der Waals surface area contributed by atoms with Crippen LogP contribution >= 0.6 is 15.9 Å². The number of amides is 1. The van der Waals surface area contributed by atoms with Gasteiger partial charge in [-0.15, -0.1) is 0 Å². The number of rotatable bonds is 4. The number of nitrogens with zero attached hydrogens (tertiary/aromatic N) is 1. The average molecular weight is 427 g/mol. The fourth-order valence-corrected chi connectivity index (χ4v) is 3.76. The molecule has 1 fully saturated rings. The van der Waals surface area contributed by atoms with Crippen molar-refractivity contribution in [1.82, 2.24) is 4.98 Å². The normalized spacial score (nSPS) is 16.0. The number of anilines is 1. The molecule has 1 saturated heterocycles. The van der Waals surface area contributed by atoms with E-state index in [4.69, 9.17) is 9.15 Å². The number of carbonyl (C=O) groups excluding carboxylic acids is 1. The summed E-state index contributed by atoms with van der Waals surface area (Å²) >= 11 is 3.47. The molecule has 0 aliphatic carbocycles. The number of carbonyl (C=O) groups is 1. The van der Waals surface area contributed by atoms with Gasteiger partial charge in [0.2, 0.25) is 5.91 Å². The summed E-state index contributed by atoms with van der Waals surface area (Å²) in [4.78, 5) is 17.3. The first-order chi connectivity index (χ1) is 13.2. The van der Waals surface area contributed by atoms with E-state index in [9.17, 15) is 4.79 Å². The van der Waals surface area contributed by atoms with E-state index in [1.807, 2.05) is 48.5 Å². The van der Waals surface area contributed by atoms with Crippen LogP contribution in [0.25, 0.3) is 11.3 Å². The number of halogens is 1. The fourth-order valence-electron chi connectivity index (χ4n) is 3.49. The van der Waals surface area contributed by atoms with Crippen LogP contribution < -0.4 is 5.32 Å². The van der Waals surface area contributed by atoms with Crippen molar-refractivity contribution in [3.8, 4) is 11.3 Å². The summed E-state index contributed by atoms with van der Waals surface area (Å²) in [6, 6.07) is 15.6. The van der Waals surface area contributed by atoms with Gasteiger partial charge >= 0.3 is 0 Å². The number of benzene rings is 2. The van der Waals surface area contributed by atoms with Gasteiger partial charge in [0.25, 0.3) is 0 Å². The van der Waals surface area contributed by atoms with Gasteiger partial charge in [0.1, 0.15) is 0 Å². The van der Waals surface area contributed by atoms with E-state index in [1.165, 1.54) is 6.39 Å². The summed E-state index contributed by atoms with van der Waals surface area (Å²) in [6.45, 7) is 1.14. The molecule has 0 bridgehead atoms. The Morgan fingerprint density at radius 1 is 1.11 bits per heavy atom. The van der Waals surface area contributed by atoms with Crippen molar-refractivity contribution >= 4 is 27.5 Å². The molecule has 1 N–H and O–H groups in total. The van der Waals surface area contributed by atoms with E-state index in [1.54, 1.807) is 6.20 Å². The lowest BCUT2D eigenvalue weighted by Gasteiger charge is -2.36. The zero-order valence-corrected chi connectivity index (χ0v) is 16.2. The highest BCUT2D eigenvalue weighted by Crippen LogP contribution is 2.37. The maximum Gasteiger partial charge on any atom is 0.235 e. The standard InChI is InChI=1S/C21H19BrN2O3/c22-17-6-4-16(5-7-17)21(8-10-26-11-9-21)20(25)24-18-3-1-2-15(12-18)19-13-23-14-27-19/h1-7,12-14H,8-11H2,(H,24,25). The highest BCUT2D eigenvalue weighted by Gasteiger charge is 2.41. The Hall–Kier alpha value is -2.44. The summed E-state index contributed by atoms with van der Waals surface area (Å²) in [6.07, 6.45) is 4.36. The van der Waals surface area contributed by atoms with Crippen molar-refractivity contribution in [3.63, 3.8) is 0 Å². The Bertz CT molecular complexity index is 917. The topological polar surface area (TPSA) is 64.4 Å². The minimum absolute atomic E-state index is 0.0113. The Morgan fingerprint density at radius 3 is 2.59 bits per heavy atom. The summed E-state index contributed by atoms with van der Waals surface area (Å²) in [5.41, 5.74) is 2.02. The van der Waals surface area contributed by atoms with Gasteiger partial charge in [-0.3, -0.25) is 4.79 Å². The highest BCUT2D eigenvalue weighted by atomic mass is 79.9. The predicted molar refractivity (Wildman–Crippen MR) is 106 cm³/mol. The summed E-state index contributed by atoms with van der Waals surface area (Å²) in [7, 11) is 0. The van der Waals surface area contributed by atoms with Crippen molar-refractivity contribution < 1.29 is 13.9 Å². The maximum absolute atomic E-state index is 13.4. The molecule has 1 aromatic heterocycles. The number of hydrogen-bond acceptors (Lipinski definition) is 4. The van der Waals surface area contributed by atoms with Crippen LogP contribution in [0, 0.1) is 0 Å². The van der Waals surface area contributed by atoms with Crippen LogP contribution in [0.3, 0.4) is 0 Å². The zero-order chi connectivity index (χ0) is 18.7. The molecule has 1 aliphatic rings. The number of ether oxygens (including phenoxy) is 1. The third-order valence-corrected chi connectivity index (χ3v) is 5.54. The fraction of sp³-hybridized carbons (Fsp3) is 0.238. The van der Waals surface area contributed by atoms with E-state index >= 15 is 0 Å². The van der Waals surface area contributed by atoms with Crippen LogP contribution in [-0.2, 0) is 14.9 Å². The molecule has 0 radical (unpaired) electrons. The molecule has 4 rings (SSSR count). The Kier molecular flexibility index (Phi) is 5.09. The number of nitrogens with one attached hydrogen (secondary N) is 1. The molecule has 6 heteroatoms. The predicted octanol–water partition coefficient (Wildman–Crippen LogP) is 4.79. The van der Waals surface area contributed by atoms with Gasteiger partial charge in [-0.1, -0.05) is 40.2 Å². The first-order valence-corrected chi connectivity index (χ1v) is 9.61. The molecule has 138 valence electrons. The second kappa shape index (κ2) is 7.66. The van der Waals surface area contributed by atoms with E-state index < -0.39 is 5.41 Å². The third-order valence-electron chi connectivity index (χ3n) is 5.02. The maximum atomic E-state index is 13.4. The monoisotopic (exact) mass is 426 g/mol. The summed E-state index contributed by atoms with van der Waals surface area (Å²) < 4.78 is 11.9. The quantitative estimate of drug-likeness (QED) is 0.650. The van der Waals surface area contributed by atoms with Gasteiger partial charge in [-0.2, -0.15) is 0 Å². The average Bonchev–Trinajstić information content (AvgIpc) is 3.24. The summed E-state index contributed by atoms with van der Waals surface area (Å²) in [5, 5.41) is 3.10. The molecule has 2 aromatic carbocycles. The molecule has 0 spiro atoms. The number of aromatic nitrogens is 1. The molecule has 0 saturated carbocycles. The van der Waals surface area contributed by atoms with Crippen LogP contribution in [0.2, 0.25) is 0 Å². The minimum atomic E-state index is -0.596. The Labute approximate surface area is 165 Å². The van der Waals surface area contributed by atoms with Crippen molar-refractivity contribution in [2.24, 2.45) is 0 Å². The van der Waals surface area contributed by atoms with Gasteiger partial charge in [0.15, 0.2) is 12.2 Å². The number of hydrogen-bond donors (Lipinski definition) is 1. The summed E-state index contributed by atoms with van der Waals surface area (Å²) in [5.74, 6) is 0.655. The Balaban J connectivity index is 1.63. The first-order valence-electron chi connectivity index (χ1n) is 8.82. The molecule has 2 heterocycles. The number of oxazole rings is 1. The smallest absolute Gasteiger partial charge is 0.235 e. The van der Waals surface area contributed by atoms with Crippen molar-refractivity contribution in [3.05, 3.63) is 71.2 Å². The van der Waals surface area contributed by atoms with Gasteiger partial charge < -0.3 is 14.5 Å². The molecule has 3 aromatic rings. The van der Waals surface area contributed by atoms with E-state index in [2.05, 4.69) is 26.2 Å². The first kappa shape index (κ1) is 17.9. The largest absolute Gasteiger partial charge is 0.444 e. The van der Waals surface area contributed by atoms with Crippen molar-refractivity contribution in [2.45, 2.75) is 18.3 Å².